The summed E-state index contributed by atoms with van der Waals surface area (Å²) >= 11 is 0. The first-order valence-electron chi connectivity index (χ1n) is 7.27. The van der Waals surface area contributed by atoms with Crippen molar-refractivity contribution in [3.8, 4) is 0 Å². The Morgan fingerprint density at radius 3 is 2.44 bits per heavy atom. The van der Waals surface area contributed by atoms with E-state index in [1.807, 2.05) is 13.8 Å². The quantitative estimate of drug-likeness (QED) is 0.709. The van der Waals surface area contributed by atoms with Crippen LogP contribution in [0, 0.1) is 17.3 Å². The molecule has 0 saturated heterocycles. The average molecular weight is 256 g/mol. The van der Waals surface area contributed by atoms with Crippen molar-refractivity contribution in [2.24, 2.45) is 17.3 Å². The van der Waals surface area contributed by atoms with Gasteiger partial charge in [0.05, 0.1) is 17.8 Å². The summed E-state index contributed by atoms with van der Waals surface area (Å²) in [5.74, 6) is 0.348. The Morgan fingerprint density at radius 1 is 1.22 bits per heavy atom. The second-order valence-electron chi connectivity index (χ2n) is 7.45. The zero-order valence-electron chi connectivity index (χ0n) is 11.9. The summed E-state index contributed by atoms with van der Waals surface area (Å²) in [4.78, 5) is 0. The molecule has 0 aliphatic heterocycles. The molecular formula is C15H28O3. The largest absolute Gasteiger partial charge is 0.393 e. The van der Waals surface area contributed by atoms with E-state index in [0.717, 1.165) is 32.1 Å². The van der Waals surface area contributed by atoms with Crippen LogP contribution in [0.3, 0.4) is 0 Å². The van der Waals surface area contributed by atoms with Crippen LogP contribution in [0.15, 0.2) is 0 Å². The molecule has 0 amide bonds. The van der Waals surface area contributed by atoms with Gasteiger partial charge >= 0.3 is 0 Å². The van der Waals surface area contributed by atoms with Crippen LogP contribution >= 0.6 is 0 Å². The van der Waals surface area contributed by atoms with Crippen molar-refractivity contribution in [3.05, 3.63) is 0 Å². The third-order valence-electron chi connectivity index (χ3n) is 5.70. The monoisotopic (exact) mass is 256 g/mol. The van der Waals surface area contributed by atoms with Crippen molar-refractivity contribution in [1.29, 1.82) is 0 Å². The fraction of sp³-hybridized carbons (Fsp3) is 1.00. The predicted molar refractivity (Wildman–Crippen MR) is 71.1 cm³/mol. The van der Waals surface area contributed by atoms with E-state index in [1.165, 1.54) is 0 Å². The summed E-state index contributed by atoms with van der Waals surface area (Å²) in [7, 11) is 0. The number of aliphatic hydroxyl groups is 3. The van der Waals surface area contributed by atoms with Crippen LogP contribution in [0.2, 0.25) is 0 Å². The van der Waals surface area contributed by atoms with Gasteiger partial charge in [-0.05, 0) is 69.6 Å². The molecule has 0 spiro atoms. The molecule has 2 fully saturated rings. The first kappa shape index (κ1) is 14.3. The molecule has 3 heteroatoms. The maximum atomic E-state index is 10.7. The lowest BCUT2D eigenvalue weighted by Gasteiger charge is -2.56. The van der Waals surface area contributed by atoms with E-state index in [2.05, 4.69) is 6.92 Å². The van der Waals surface area contributed by atoms with Gasteiger partial charge in [-0.3, -0.25) is 0 Å². The highest BCUT2D eigenvalue weighted by Crippen LogP contribution is 2.56. The first-order chi connectivity index (χ1) is 8.21. The van der Waals surface area contributed by atoms with Crippen LogP contribution in [-0.4, -0.2) is 33.1 Å². The standard InChI is InChI=1S/C15H28O3/c1-13(2,17)11-5-8-14(3)6-4-7-15(18,10-16)12(14)9-11/h11-12,16-18H,4-10H2,1-3H3/t11-,12-,14-,15+/m1/s1. The molecule has 0 radical (unpaired) electrons. The molecule has 3 N–H and O–H groups in total. The van der Waals surface area contributed by atoms with Gasteiger partial charge in [0.25, 0.3) is 0 Å². The van der Waals surface area contributed by atoms with Crippen molar-refractivity contribution in [3.63, 3.8) is 0 Å². The molecule has 0 aromatic heterocycles. The van der Waals surface area contributed by atoms with Crippen LogP contribution in [-0.2, 0) is 0 Å². The van der Waals surface area contributed by atoms with Crippen LogP contribution in [0.25, 0.3) is 0 Å². The molecular weight excluding hydrogens is 228 g/mol. The molecule has 2 saturated carbocycles. The van der Waals surface area contributed by atoms with Crippen molar-refractivity contribution in [2.75, 3.05) is 6.61 Å². The Morgan fingerprint density at radius 2 is 1.89 bits per heavy atom. The van der Waals surface area contributed by atoms with Gasteiger partial charge in [-0.2, -0.15) is 0 Å². The summed E-state index contributed by atoms with van der Waals surface area (Å²) in [5.41, 5.74) is -1.48. The predicted octanol–water partition coefficient (Wildman–Crippen LogP) is 2.09. The Bertz CT molecular complexity index is 299. The maximum absolute atomic E-state index is 10.7. The highest BCUT2D eigenvalue weighted by molar-refractivity contribution is 5.04. The van der Waals surface area contributed by atoms with Crippen molar-refractivity contribution >= 4 is 0 Å². The van der Waals surface area contributed by atoms with Crippen LogP contribution in [0.4, 0.5) is 0 Å². The van der Waals surface area contributed by atoms with Gasteiger partial charge in [0, 0.05) is 0 Å². The zero-order chi connectivity index (χ0) is 13.6. The van der Waals surface area contributed by atoms with Gasteiger partial charge in [-0.25, -0.2) is 0 Å². The fourth-order valence-corrected chi connectivity index (χ4v) is 4.34. The molecule has 18 heavy (non-hydrogen) atoms. The summed E-state index contributed by atoms with van der Waals surface area (Å²) in [6.45, 7) is 5.83. The van der Waals surface area contributed by atoms with Gasteiger partial charge in [0.2, 0.25) is 0 Å². The van der Waals surface area contributed by atoms with Gasteiger partial charge in [-0.1, -0.05) is 6.92 Å². The first-order valence-corrected chi connectivity index (χ1v) is 7.27. The van der Waals surface area contributed by atoms with Gasteiger partial charge < -0.3 is 15.3 Å². The molecule has 106 valence electrons. The maximum Gasteiger partial charge on any atom is 0.0910 e. The lowest BCUT2D eigenvalue weighted by molar-refractivity contribution is -0.168. The Kier molecular flexibility index (Phi) is 3.54. The summed E-state index contributed by atoms with van der Waals surface area (Å²) in [5, 5.41) is 30.5. The third-order valence-corrected chi connectivity index (χ3v) is 5.70. The summed E-state index contributed by atoms with van der Waals surface area (Å²) < 4.78 is 0. The number of hydrogen-bond donors (Lipinski definition) is 3. The minimum Gasteiger partial charge on any atom is -0.393 e. The Hall–Kier alpha value is -0.120. The summed E-state index contributed by atoms with van der Waals surface area (Å²) in [6.07, 6.45) is 5.74. The SMILES string of the molecule is CC(C)(O)[C@@H]1CC[C@@]2(C)CCC[C@](O)(CO)[C@@H]2C1. The average Bonchev–Trinajstić information content (AvgIpc) is 2.27. The van der Waals surface area contributed by atoms with E-state index in [9.17, 15) is 15.3 Å². The van der Waals surface area contributed by atoms with E-state index >= 15 is 0 Å². The van der Waals surface area contributed by atoms with Crippen LogP contribution < -0.4 is 0 Å². The van der Waals surface area contributed by atoms with E-state index in [0.29, 0.717) is 6.42 Å². The van der Waals surface area contributed by atoms with Gasteiger partial charge in [0.15, 0.2) is 0 Å². The van der Waals surface area contributed by atoms with E-state index in [4.69, 9.17) is 0 Å². The van der Waals surface area contributed by atoms with E-state index in [-0.39, 0.29) is 23.9 Å². The van der Waals surface area contributed by atoms with Crippen LogP contribution in [0.5, 0.6) is 0 Å². The lowest BCUT2D eigenvalue weighted by Crippen LogP contribution is -2.56. The molecule has 0 aromatic rings. The zero-order valence-corrected chi connectivity index (χ0v) is 11.9. The van der Waals surface area contributed by atoms with Crippen molar-refractivity contribution < 1.29 is 15.3 Å². The molecule has 0 aromatic carbocycles. The second-order valence-corrected chi connectivity index (χ2v) is 7.45. The van der Waals surface area contributed by atoms with Crippen molar-refractivity contribution in [1.82, 2.24) is 0 Å². The lowest BCUT2D eigenvalue weighted by atomic mass is 9.52. The number of hydrogen-bond acceptors (Lipinski definition) is 3. The molecule has 0 unspecified atom stereocenters. The second kappa shape index (κ2) is 4.46. The molecule has 4 atom stereocenters. The Labute approximate surface area is 110 Å². The molecule has 0 bridgehead atoms. The minimum atomic E-state index is -0.934. The van der Waals surface area contributed by atoms with Gasteiger partial charge in [0.1, 0.15) is 0 Å². The third kappa shape index (κ3) is 2.33. The fourth-order valence-electron chi connectivity index (χ4n) is 4.34. The van der Waals surface area contributed by atoms with Crippen LogP contribution in [0.1, 0.15) is 59.3 Å². The Balaban J connectivity index is 2.23. The highest BCUT2D eigenvalue weighted by Gasteiger charge is 2.54. The van der Waals surface area contributed by atoms with E-state index in [1.54, 1.807) is 0 Å². The van der Waals surface area contributed by atoms with Gasteiger partial charge in [-0.15, -0.1) is 0 Å². The highest BCUT2D eigenvalue weighted by atomic mass is 16.3. The normalized spacial score (nSPS) is 45.7. The number of aliphatic hydroxyl groups excluding tert-OH is 1. The number of rotatable bonds is 2. The minimum absolute atomic E-state index is 0.119. The molecule has 2 aliphatic carbocycles. The molecule has 2 rings (SSSR count). The number of fused-ring (bicyclic) bond motifs is 1. The topological polar surface area (TPSA) is 60.7 Å². The molecule has 2 aliphatic rings. The van der Waals surface area contributed by atoms with E-state index < -0.39 is 11.2 Å². The summed E-state index contributed by atoms with van der Waals surface area (Å²) in [6, 6.07) is 0. The smallest absolute Gasteiger partial charge is 0.0910 e. The van der Waals surface area contributed by atoms with Crippen molar-refractivity contribution in [2.45, 2.75) is 70.5 Å². The molecule has 0 heterocycles. The molecule has 3 nitrogen and oxygen atoms in total.